The Bertz CT molecular complexity index is 1350. The molecule has 1 aromatic carbocycles. The molecular weight excluding hydrogens is 413 g/mol. The highest BCUT2D eigenvalue weighted by Crippen LogP contribution is 2.27. The highest BCUT2D eigenvalue weighted by molar-refractivity contribution is 6.13. The molecule has 0 bridgehead atoms. The summed E-state index contributed by atoms with van der Waals surface area (Å²) in [5, 5.41) is 26.4. The zero-order valence-electron chi connectivity index (χ0n) is 16.8. The minimum atomic E-state index is -0.526. The van der Waals surface area contributed by atoms with Crippen molar-refractivity contribution in [2.75, 3.05) is 11.1 Å². The van der Waals surface area contributed by atoms with Gasteiger partial charge in [-0.05, 0) is 31.2 Å². The van der Waals surface area contributed by atoms with E-state index in [2.05, 4.69) is 30.5 Å². The van der Waals surface area contributed by atoms with Crippen LogP contribution in [-0.4, -0.2) is 30.9 Å². The number of rotatable bonds is 6. The van der Waals surface area contributed by atoms with Crippen molar-refractivity contribution in [1.29, 1.82) is 5.26 Å². The Morgan fingerprint density at radius 1 is 1.19 bits per heavy atom. The predicted molar refractivity (Wildman–Crippen MR) is 112 cm³/mol. The molecule has 0 amide bonds. The number of anilines is 2. The molecule has 1 unspecified atom stereocenters. The Kier molecular flexibility index (Phi) is 5.50. The average Bonchev–Trinajstić information content (AvgIpc) is 3.29. The van der Waals surface area contributed by atoms with E-state index in [-0.39, 0.29) is 34.6 Å². The first-order chi connectivity index (χ1) is 15.5. The van der Waals surface area contributed by atoms with Gasteiger partial charge in [0.25, 0.3) is 5.89 Å². The smallest absolute Gasteiger partial charge is 0.250 e. The summed E-state index contributed by atoms with van der Waals surface area (Å²) in [4.78, 5) is 12.4. The van der Waals surface area contributed by atoms with Gasteiger partial charge in [-0.15, -0.1) is 10.2 Å². The van der Waals surface area contributed by atoms with Crippen LogP contribution in [0, 0.1) is 17.1 Å². The van der Waals surface area contributed by atoms with Gasteiger partial charge in [-0.25, -0.2) is 19.3 Å². The Morgan fingerprint density at radius 2 is 2.00 bits per heavy atom. The number of pyridine rings is 1. The quantitative estimate of drug-likeness (QED) is 0.382. The lowest BCUT2D eigenvalue weighted by Crippen LogP contribution is -2.42. The Labute approximate surface area is 181 Å². The highest BCUT2D eigenvalue weighted by Gasteiger charge is 2.25. The zero-order valence-corrected chi connectivity index (χ0v) is 16.8. The first-order valence-corrected chi connectivity index (χ1v) is 9.43. The summed E-state index contributed by atoms with van der Waals surface area (Å²) in [5.74, 6) is 0.210. The van der Waals surface area contributed by atoms with E-state index in [0.717, 1.165) is 0 Å². The minimum absolute atomic E-state index is 0.0535. The molecule has 5 N–H and O–H groups in total. The lowest BCUT2D eigenvalue weighted by molar-refractivity contribution is -0.111. The summed E-state index contributed by atoms with van der Waals surface area (Å²) < 4.78 is 19.7. The van der Waals surface area contributed by atoms with Crippen LogP contribution in [0.3, 0.4) is 0 Å². The van der Waals surface area contributed by atoms with Gasteiger partial charge in [-0.2, -0.15) is 5.26 Å². The van der Waals surface area contributed by atoms with Gasteiger partial charge in [0.05, 0.1) is 5.56 Å². The van der Waals surface area contributed by atoms with Crippen LogP contribution >= 0.6 is 0 Å². The molecule has 3 heterocycles. The number of benzene rings is 1. The number of hydrogen-bond donors (Lipinski definition) is 3. The van der Waals surface area contributed by atoms with Gasteiger partial charge in [0.2, 0.25) is 11.6 Å². The molecule has 1 atom stereocenters. The first kappa shape index (κ1) is 20.5. The lowest BCUT2D eigenvalue weighted by atomic mass is 10.1. The fourth-order valence-corrected chi connectivity index (χ4v) is 2.97. The van der Waals surface area contributed by atoms with Crippen LogP contribution in [0.2, 0.25) is 0 Å². The van der Waals surface area contributed by atoms with Crippen LogP contribution in [0.4, 0.5) is 16.0 Å². The second kappa shape index (κ2) is 8.57. The van der Waals surface area contributed by atoms with Crippen molar-refractivity contribution >= 4 is 17.3 Å². The van der Waals surface area contributed by atoms with Gasteiger partial charge < -0.3 is 15.5 Å². The molecule has 0 aliphatic carbocycles. The van der Waals surface area contributed by atoms with Gasteiger partial charge in [0.1, 0.15) is 52.8 Å². The van der Waals surface area contributed by atoms with Crippen LogP contribution in [0.15, 0.2) is 53.2 Å². The topological polar surface area (TPSA) is 165 Å². The molecule has 10 nitrogen and oxygen atoms in total. The second-order valence-corrected chi connectivity index (χ2v) is 6.71. The molecule has 0 saturated carbocycles. The normalized spacial score (nSPS) is 11.5. The fraction of sp³-hybridized carbons (Fsp3) is 0.0952. The number of nitrogen functional groups attached to an aromatic ring is 1. The molecule has 158 valence electrons. The molecule has 0 saturated heterocycles. The molecule has 4 rings (SSSR count). The number of aromatic nitrogens is 5. The van der Waals surface area contributed by atoms with Crippen LogP contribution in [-0.2, 0) is 0 Å². The summed E-state index contributed by atoms with van der Waals surface area (Å²) in [7, 11) is 0. The summed E-state index contributed by atoms with van der Waals surface area (Å²) in [5.41, 5.74) is 7.32. The van der Waals surface area contributed by atoms with Gasteiger partial charge >= 0.3 is 0 Å². The molecule has 0 radical (unpaired) electrons. The summed E-state index contributed by atoms with van der Waals surface area (Å²) in [6, 6.07) is 12.4. The van der Waals surface area contributed by atoms with Crippen LogP contribution < -0.4 is 16.5 Å². The van der Waals surface area contributed by atoms with Crippen molar-refractivity contribution in [3.63, 3.8) is 0 Å². The fourth-order valence-electron chi connectivity index (χ4n) is 2.97. The molecular formula is C21H17FN9O+. The maximum atomic E-state index is 14.0. The van der Waals surface area contributed by atoms with E-state index < -0.39 is 11.9 Å². The SMILES string of the molecule is CC(Nc1ncnc(N)c1C(=[NH2+])c1cccc(C#N)n1)c1nnc(-c2ccccc2F)o1. The molecule has 0 aliphatic heterocycles. The predicted octanol–water partition coefficient (Wildman–Crippen LogP) is 1.28. The number of nitriles is 1. The molecule has 0 fully saturated rings. The minimum Gasteiger partial charge on any atom is -0.418 e. The van der Waals surface area contributed by atoms with E-state index in [9.17, 15) is 4.39 Å². The van der Waals surface area contributed by atoms with E-state index in [1.165, 1.54) is 12.4 Å². The number of nitrogens with one attached hydrogen (secondary N) is 1. The summed E-state index contributed by atoms with van der Waals surface area (Å²) in [6.45, 7) is 1.76. The number of nitrogens with zero attached hydrogens (tertiary/aromatic N) is 6. The number of nitrogens with two attached hydrogens (primary N) is 2. The van der Waals surface area contributed by atoms with Crippen LogP contribution in [0.25, 0.3) is 11.5 Å². The Balaban J connectivity index is 1.63. The van der Waals surface area contributed by atoms with Crippen molar-refractivity contribution in [3.05, 3.63) is 77.5 Å². The van der Waals surface area contributed by atoms with Crippen molar-refractivity contribution < 1.29 is 14.2 Å². The molecule has 11 heteroatoms. The maximum Gasteiger partial charge on any atom is 0.250 e. The highest BCUT2D eigenvalue weighted by atomic mass is 19.1. The molecule has 0 aliphatic rings. The zero-order chi connectivity index (χ0) is 22.7. The van der Waals surface area contributed by atoms with E-state index in [0.29, 0.717) is 17.1 Å². The van der Waals surface area contributed by atoms with Crippen molar-refractivity contribution in [2.24, 2.45) is 0 Å². The van der Waals surface area contributed by atoms with Crippen LogP contribution in [0.5, 0.6) is 0 Å². The monoisotopic (exact) mass is 430 g/mol. The van der Waals surface area contributed by atoms with Gasteiger partial charge in [-0.3, -0.25) is 5.41 Å². The van der Waals surface area contributed by atoms with E-state index >= 15 is 0 Å². The standard InChI is InChI=1S/C21H16FN9O/c1-11(20-30-31-21(32-20)13-6-2-3-7-14(13)22)28-19-16(18(25)26-10-27-19)17(24)15-8-4-5-12(9-23)29-15/h2-8,10-11,24H,1H3,(H3,25,26,27,28)/p+1. The summed E-state index contributed by atoms with van der Waals surface area (Å²) in [6.07, 6.45) is 1.28. The largest absolute Gasteiger partial charge is 0.418 e. The third-order valence-corrected chi connectivity index (χ3v) is 4.55. The average molecular weight is 430 g/mol. The Hall–Kier alpha value is -4.72. The van der Waals surface area contributed by atoms with E-state index in [1.807, 2.05) is 6.07 Å². The molecule has 4 aromatic rings. The van der Waals surface area contributed by atoms with Crippen LogP contribution in [0.1, 0.15) is 35.8 Å². The third kappa shape index (κ3) is 3.97. The molecule has 3 aromatic heterocycles. The van der Waals surface area contributed by atoms with Crippen molar-refractivity contribution in [1.82, 2.24) is 25.1 Å². The van der Waals surface area contributed by atoms with E-state index in [4.69, 9.17) is 20.8 Å². The van der Waals surface area contributed by atoms with Crippen molar-refractivity contribution in [2.45, 2.75) is 13.0 Å². The van der Waals surface area contributed by atoms with Gasteiger partial charge in [0.15, 0.2) is 0 Å². The number of halogens is 1. The van der Waals surface area contributed by atoms with Gasteiger partial charge in [0, 0.05) is 0 Å². The van der Waals surface area contributed by atoms with E-state index in [1.54, 1.807) is 43.3 Å². The number of hydrogen-bond acceptors (Lipinski definition) is 9. The third-order valence-electron chi connectivity index (χ3n) is 4.55. The lowest BCUT2D eigenvalue weighted by Gasteiger charge is -2.14. The molecule has 32 heavy (non-hydrogen) atoms. The maximum absolute atomic E-state index is 14.0. The molecule has 0 spiro atoms. The second-order valence-electron chi connectivity index (χ2n) is 6.71. The first-order valence-electron chi connectivity index (χ1n) is 9.43. The summed E-state index contributed by atoms with van der Waals surface area (Å²) >= 11 is 0. The van der Waals surface area contributed by atoms with Gasteiger partial charge in [-0.1, -0.05) is 18.2 Å². The Morgan fingerprint density at radius 3 is 2.78 bits per heavy atom. The van der Waals surface area contributed by atoms with Crippen molar-refractivity contribution in [3.8, 4) is 17.5 Å².